The number of aromatic nitrogens is 1. The Kier molecular flexibility index (Phi) is 2.79. The van der Waals surface area contributed by atoms with Crippen LogP contribution in [0.5, 0.6) is 0 Å². The minimum Gasteiger partial charge on any atom is -0.306 e. The summed E-state index contributed by atoms with van der Waals surface area (Å²) < 4.78 is 0. The molecular weight excluding hydrogens is 184 g/mol. The molecule has 0 radical (unpaired) electrons. The van der Waals surface area contributed by atoms with Gasteiger partial charge in [0.25, 0.3) is 0 Å². The van der Waals surface area contributed by atoms with Gasteiger partial charge in [-0.1, -0.05) is 13.0 Å². The average molecular weight is 204 g/mol. The van der Waals surface area contributed by atoms with Crippen LogP contribution in [0.4, 0.5) is 0 Å². The van der Waals surface area contributed by atoms with E-state index in [9.17, 15) is 0 Å². The lowest BCUT2D eigenvalue weighted by molar-refractivity contribution is 0.199. The van der Waals surface area contributed by atoms with Crippen molar-refractivity contribution in [1.29, 1.82) is 0 Å². The van der Waals surface area contributed by atoms with Gasteiger partial charge in [-0.05, 0) is 56.9 Å². The molecule has 15 heavy (non-hydrogen) atoms. The molecule has 2 heteroatoms. The number of pyridine rings is 1. The van der Waals surface area contributed by atoms with Gasteiger partial charge in [-0.3, -0.25) is 4.98 Å². The summed E-state index contributed by atoms with van der Waals surface area (Å²) in [5.74, 6) is 0. The quantitative estimate of drug-likeness (QED) is 0.698. The van der Waals surface area contributed by atoms with Crippen LogP contribution in [0.15, 0.2) is 18.3 Å². The van der Waals surface area contributed by atoms with Crippen LogP contribution in [0.1, 0.15) is 31.0 Å². The van der Waals surface area contributed by atoms with Crippen molar-refractivity contribution >= 4 is 0 Å². The third-order valence-electron chi connectivity index (χ3n) is 3.70. The monoisotopic (exact) mass is 204 g/mol. The van der Waals surface area contributed by atoms with Crippen LogP contribution in [0.2, 0.25) is 0 Å². The number of piperidine rings is 1. The standard InChI is InChI=1S/C13H20N2/c1-11-4-5-12(10-14-11)13(2)6-8-15(3)9-7-13/h4-5,10H,6-9H2,1-3H3. The van der Waals surface area contributed by atoms with Gasteiger partial charge in [-0.25, -0.2) is 0 Å². The largest absolute Gasteiger partial charge is 0.306 e. The van der Waals surface area contributed by atoms with Crippen molar-refractivity contribution in [2.75, 3.05) is 20.1 Å². The Hall–Kier alpha value is -0.890. The van der Waals surface area contributed by atoms with E-state index in [0.717, 1.165) is 5.69 Å². The van der Waals surface area contributed by atoms with E-state index < -0.39 is 0 Å². The third-order valence-corrected chi connectivity index (χ3v) is 3.70. The average Bonchev–Trinajstić information content (AvgIpc) is 2.24. The second kappa shape index (κ2) is 3.93. The Bertz CT molecular complexity index is 321. The summed E-state index contributed by atoms with van der Waals surface area (Å²) in [5, 5.41) is 0. The summed E-state index contributed by atoms with van der Waals surface area (Å²) in [6.45, 7) is 6.81. The molecular formula is C13H20N2. The molecule has 1 aliphatic rings. The lowest BCUT2D eigenvalue weighted by Gasteiger charge is -2.38. The maximum absolute atomic E-state index is 4.40. The molecule has 0 aromatic carbocycles. The summed E-state index contributed by atoms with van der Waals surface area (Å²) >= 11 is 0. The van der Waals surface area contributed by atoms with E-state index in [1.54, 1.807) is 0 Å². The molecule has 82 valence electrons. The van der Waals surface area contributed by atoms with E-state index in [1.165, 1.54) is 31.5 Å². The predicted octanol–water partition coefficient (Wildman–Crippen LogP) is 2.37. The van der Waals surface area contributed by atoms with Crippen LogP contribution in [0.3, 0.4) is 0 Å². The lowest BCUT2D eigenvalue weighted by atomic mass is 9.75. The third kappa shape index (κ3) is 2.20. The van der Waals surface area contributed by atoms with Gasteiger partial charge in [0.15, 0.2) is 0 Å². The van der Waals surface area contributed by atoms with Crippen molar-refractivity contribution in [3.63, 3.8) is 0 Å². The van der Waals surface area contributed by atoms with E-state index in [2.05, 4.69) is 42.2 Å². The second-order valence-electron chi connectivity index (χ2n) is 5.05. The van der Waals surface area contributed by atoms with Crippen molar-refractivity contribution < 1.29 is 0 Å². The fraction of sp³-hybridized carbons (Fsp3) is 0.615. The molecule has 0 bridgehead atoms. The first kappa shape index (κ1) is 10.6. The summed E-state index contributed by atoms with van der Waals surface area (Å²) in [7, 11) is 2.20. The Labute approximate surface area is 92.3 Å². The first-order valence-corrected chi connectivity index (χ1v) is 5.72. The van der Waals surface area contributed by atoms with Crippen molar-refractivity contribution in [3.8, 4) is 0 Å². The van der Waals surface area contributed by atoms with Crippen LogP contribution in [-0.2, 0) is 5.41 Å². The molecule has 1 aliphatic heterocycles. The van der Waals surface area contributed by atoms with E-state index in [1.807, 2.05) is 6.92 Å². The number of hydrogen-bond acceptors (Lipinski definition) is 2. The minimum absolute atomic E-state index is 0.340. The summed E-state index contributed by atoms with van der Waals surface area (Å²) in [6.07, 6.45) is 4.54. The molecule has 1 saturated heterocycles. The first-order chi connectivity index (χ1) is 7.10. The molecule has 0 N–H and O–H groups in total. The lowest BCUT2D eigenvalue weighted by Crippen LogP contribution is -2.38. The zero-order valence-corrected chi connectivity index (χ0v) is 9.95. The molecule has 2 rings (SSSR count). The topological polar surface area (TPSA) is 16.1 Å². The van der Waals surface area contributed by atoms with Gasteiger partial charge in [-0.15, -0.1) is 0 Å². The van der Waals surface area contributed by atoms with Gasteiger partial charge in [0.05, 0.1) is 0 Å². The SMILES string of the molecule is Cc1ccc(C2(C)CCN(C)CC2)cn1. The zero-order chi connectivity index (χ0) is 10.9. The van der Waals surface area contributed by atoms with Gasteiger partial charge < -0.3 is 4.90 Å². The van der Waals surface area contributed by atoms with Crippen LogP contribution in [0.25, 0.3) is 0 Å². The highest BCUT2D eigenvalue weighted by atomic mass is 15.1. The Morgan fingerprint density at radius 3 is 2.47 bits per heavy atom. The van der Waals surface area contributed by atoms with E-state index in [4.69, 9.17) is 0 Å². The summed E-state index contributed by atoms with van der Waals surface area (Å²) in [4.78, 5) is 6.81. The van der Waals surface area contributed by atoms with Crippen molar-refractivity contribution in [1.82, 2.24) is 9.88 Å². The number of likely N-dealkylation sites (tertiary alicyclic amines) is 1. The second-order valence-corrected chi connectivity index (χ2v) is 5.05. The number of hydrogen-bond donors (Lipinski definition) is 0. The highest BCUT2D eigenvalue weighted by Crippen LogP contribution is 2.34. The molecule has 0 amide bonds. The molecule has 0 spiro atoms. The fourth-order valence-corrected chi connectivity index (χ4v) is 2.23. The van der Waals surface area contributed by atoms with Gasteiger partial charge in [0.2, 0.25) is 0 Å². The molecule has 1 aromatic heterocycles. The van der Waals surface area contributed by atoms with Gasteiger partial charge in [-0.2, -0.15) is 0 Å². The number of rotatable bonds is 1. The molecule has 0 aliphatic carbocycles. The van der Waals surface area contributed by atoms with Crippen molar-refractivity contribution in [2.45, 2.75) is 32.1 Å². The Balaban J connectivity index is 2.18. The first-order valence-electron chi connectivity index (χ1n) is 5.72. The summed E-state index contributed by atoms with van der Waals surface area (Å²) in [6, 6.07) is 4.37. The molecule has 2 heterocycles. The smallest absolute Gasteiger partial charge is 0.0372 e. The van der Waals surface area contributed by atoms with E-state index in [-0.39, 0.29) is 0 Å². The van der Waals surface area contributed by atoms with Crippen LogP contribution < -0.4 is 0 Å². The minimum atomic E-state index is 0.340. The molecule has 0 saturated carbocycles. The van der Waals surface area contributed by atoms with Crippen LogP contribution in [0, 0.1) is 6.92 Å². The predicted molar refractivity (Wildman–Crippen MR) is 63.1 cm³/mol. The molecule has 0 unspecified atom stereocenters. The molecule has 0 atom stereocenters. The number of aryl methyl sites for hydroxylation is 1. The number of nitrogens with zero attached hydrogens (tertiary/aromatic N) is 2. The fourth-order valence-electron chi connectivity index (χ4n) is 2.23. The molecule has 2 nitrogen and oxygen atoms in total. The van der Waals surface area contributed by atoms with Crippen LogP contribution in [-0.4, -0.2) is 30.0 Å². The van der Waals surface area contributed by atoms with Crippen molar-refractivity contribution in [3.05, 3.63) is 29.6 Å². The van der Waals surface area contributed by atoms with Gasteiger partial charge >= 0.3 is 0 Å². The highest BCUT2D eigenvalue weighted by molar-refractivity contribution is 5.23. The summed E-state index contributed by atoms with van der Waals surface area (Å²) in [5.41, 5.74) is 2.85. The Morgan fingerprint density at radius 2 is 1.93 bits per heavy atom. The van der Waals surface area contributed by atoms with Crippen molar-refractivity contribution in [2.24, 2.45) is 0 Å². The van der Waals surface area contributed by atoms with Gasteiger partial charge in [0, 0.05) is 11.9 Å². The molecule has 1 aromatic rings. The van der Waals surface area contributed by atoms with E-state index >= 15 is 0 Å². The van der Waals surface area contributed by atoms with Gasteiger partial charge in [0.1, 0.15) is 0 Å². The molecule has 1 fully saturated rings. The highest BCUT2D eigenvalue weighted by Gasteiger charge is 2.30. The zero-order valence-electron chi connectivity index (χ0n) is 9.95. The van der Waals surface area contributed by atoms with Crippen LogP contribution >= 0.6 is 0 Å². The van der Waals surface area contributed by atoms with E-state index in [0.29, 0.717) is 5.41 Å². The maximum Gasteiger partial charge on any atom is 0.0372 e. The maximum atomic E-state index is 4.40. The normalized spacial score (nSPS) is 21.5. The Morgan fingerprint density at radius 1 is 1.27 bits per heavy atom.